The van der Waals surface area contributed by atoms with Crippen molar-refractivity contribution in [2.24, 2.45) is 0 Å². The highest BCUT2D eigenvalue weighted by Gasteiger charge is 2.10. The van der Waals surface area contributed by atoms with Gasteiger partial charge in [-0.1, -0.05) is 48.0 Å². The van der Waals surface area contributed by atoms with Gasteiger partial charge in [-0.2, -0.15) is 5.26 Å². The second-order valence-electron chi connectivity index (χ2n) is 6.51. The molecule has 0 atom stereocenters. The third kappa shape index (κ3) is 3.78. The maximum atomic E-state index is 12.5. The Kier molecular flexibility index (Phi) is 4.89. The zero-order chi connectivity index (χ0) is 19.5. The average molecular weight is 383 g/mol. The first-order valence-corrected chi connectivity index (χ1v) is 9.19. The van der Waals surface area contributed by atoms with Gasteiger partial charge in [-0.15, -0.1) is 0 Å². The van der Waals surface area contributed by atoms with Crippen molar-refractivity contribution >= 4 is 28.3 Å². The van der Waals surface area contributed by atoms with Crippen molar-refractivity contribution < 1.29 is 4.79 Å². The van der Waals surface area contributed by atoms with Gasteiger partial charge in [-0.05, 0) is 53.6 Å². The number of pyridine rings is 1. The lowest BCUT2D eigenvalue weighted by Crippen LogP contribution is -2.05. The molecular formula is C24H15ClN2O. The Morgan fingerprint density at radius 3 is 2.57 bits per heavy atom. The zero-order valence-corrected chi connectivity index (χ0v) is 15.6. The van der Waals surface area contributed by atoms with Crippen molar-refractivity contribution in [1.82, 2.24) is 4.98 Å². The van der Waals surface area contributed by atoms with Gasteiger partial charge in [-0.25, -0.2) is 0 Å². The normalized spacial score (nSPS) is 10.6. The summed E-state index contributed by atoms with van der Waals surface area (Å²) in [6, 6.07) is 26.4. The predicted octanol–water partition coefficient (Wildman–Crippen LogP) is 5.85. The summed E-state index contributed by atoms with van der Waals surface area (Å²) in [6.07, 6.45) is 0.224. The van der Waals surface area contributed by atoms with Gasteiger partial charge in [0.15, 0.2) is 5.78 Å². The number of carbonyl (C=O) groups is 1. The zero-order valence-electron chi connectivity index (χ0n) is 14.9. The van der Waals surface area contributed by atoms with Crippen molar-refractivity contribution in [2.75, 3.05) is 0 Å². The number of benzene rings is 3. The van der Waals surface area contributed by atoms with Gasteiger partial charge in [0, 0.05) is 21.7 Å². The first-order valence-electron chi connectivity index (χ1n) is 8.81. The SMILES string of the molecule is N#Cc1cccc(-c2ccc3nc(CC(=O)c4cccc(Cl)c4)ccc3c2)c1. The van der Waals surface area contributed by atoms with Crippen LogP contribution in [0, 0.1) is 11.3 Å². The quantitative estimate of drug-likeness (QED) is 0.416. The van der Waals surface area contributed by atoms with E-state index in [0.717, 1.165) is 27.7 Å². The molecule has 28 heavy (non-hydrogen) atoms. The Morgan fingerprint density at radius 1 is 0.929 bits per heavy atom. The molecule has 0 radical (unpaired) electrons. The number of carbonyl (C=O) groups excluding carboxylic acids is 1. The molecule has 0 aliphatic carbocycles. The van der Waals surface area contributed by atoms with E-state index in [4.69, 9.17) is 16.9 Å². The average Bonchev–Trinajstić information content (AvgIpc) is 2.73. The number of hydrogen-bond acceptors (Lipinski definition) is 3. The fourth-order valence-electron chi connectivity index (χ4n) is 3.14. The molecule has 0 saturated carbocycles. The van der Waals surface area contributed by atoms with E-state index in [1.807, 2.05) is 48.5 Å². The van der Waals surface area contributed by atoms with E-state index in [-0.39, 0.29) is 12.2 Å². The van der Waals surface area contributed by atoms with Crippen LogP contribution in [0.25, 0.3) is 22.0 Å². The lowest BCUT2D eigenvalue weighted by atomic mass is 10.0. The summed E-state index contributed by atoms with van der Waals surface area (Å²) in [6.45, 7) is 0. The highest BCUT2D eigenvalue weighted by atomic mass is 35.5. The first kappa shape index (κ1) is 17.9. The molecule has 3 nitrogen and oxygen atoms in total. The summed E-state index contributed by atoms with van der Waals surface area (Å²) < 4.78 is 0. The van der Waals surface area contributed by atoms with Crippen molar-refractivity contribution in [2.45, 2.75) is 6.42 Å². The monoisotopic (exact) mass is 382 g/mol. The molecule has 0 fully saturated rings. The molecule has 0 saturated heterocycles. The molecule has 1 aromatic heterocycles. The Labute approximate surface area is 167 Å². The molecule has 1 heterocycles. The number of Topliss-reactive ketones (excluding diaryl/α,β-unsaturated/α-hetero) is 1. The van der Waals surface area contributed by atoms with Gasteiger partial charge < -0.3 is 0 Å². The third-order valence-corrected chi connectivity index (χ3v) is 4.80. The van der Waals surface area contributed by atoms with Crippen LogP contribution in [-0.4, -0.2) is 10.8 Å². The van der Waals surface area contributed by atoms with Gasteiger partial charge in [0.25, 0.3) is 0 Å². The molecule has 0 spiro atoms. The van der Waals surface area contributed by atoms with Crippen LogP contribution in [-0.2, 0) is 6.42 Å². The highest BCUT2D eigenvalue weighted by Crippen LogP contribution is 2.25. The molecule has 0 amide bonds. The minimum Gasteiger partial charge on any atom is -0.294 e. The smallest absolute Gasteiger partial charge is 0.168 e. The molecule has 4 aromatic rings. The van der Waals surface area contributed by atoms with Crippen LogP contribution in [0.1, 0.15) is 21.6 Å². The van der Waals surface area contributed by atoms with Crippen LogP contribution < -0.4 is 0 Å². The number of halogens is 1. The maximum absolute atomic E-state index is 12.5. The number of nitriles is 1. The lowest BCUT2D eigenvalue weighted by Gasteiger charge is -2.07. The molecular weight excluding hydrogens is 368 g/mol. The van der Waals surface area contributed by atoms with Crippen molar-refractivity contribution in [1.29, 1.82) is 5.26 Å². The van der Waals surface area contributed by atoms with Gasteiger partial charge in [0.1, 0.15) is 0 Å². The number of fused-ring (bicyclic) bond motifs is 1. The summed E-state index contributed by atoms with van der Waals surface area (Å²) in [5.74, 6) is -0.0145. The Balaban J connectivity index is 1.61. The molecule has 0 bridgehead atoms. The predicted molar refractivity (Wildman–Crippen MR) is 111 cm³/mol. The van der Waals surface area contributed by atoms with Crippen LogP contribution in [0.4, 0.5) is 0 Å². The van der Waals surface area contributed by atoms with Gasteiger partial charge in [0.05, 0.1) is 23.6 Å². The van der Waals surface area contributed by atoms with Crippen LogP contribution in [0.5, 0.6) is 0 Å². The second-order valence-corrected chi connectivity index (χ2v) is 6.95. The summed E-state index contributed by atoms with van der Waals surface area (Å²) in [4.78, 5) is 17.1. The van der Waals surface area contributed by atoms with Crippen molar-refractivity contribution in [3.8, 4) is 17.2 Å². The van der Waals surface area contributed by atoms with E-state index in [9.17, 15) is 4.79 Å². The standard InChI is InChI=1S/C24H15ClN2O/c25-21-6-2-5-20(13-21)24(28)14-22-9-7-19-12-18(8-10-23(19)27-22)17-4-1-3-16(11-17)15-26/h1-13H,14H2. The van der Waals surface area contributed by atoms with Crippen LogP contribution in [0.3, 0.4) is 0 Å². The van der Waals surface area contributed by atoms with Crippen molar-refractivity contribution in [3.63, 3.8) is 0 Å². The van der Waals surface area contributed by atoms with Crippen molar-refractivity contribution in [3.05, 3.63) is 101 Å². The van der Waals surface area contributed by atoms with E-state index in [2.05, 4.69) is 11.1 Å². The fraction of sp³-hybridized carbons (Fsp3) is 0.0417. The Hall–Kier alpha value is -3.48. The maximum Gasteiger partial charge on any atom is 0.168 e. The van der Waals surface area contributed by atoms with Gasteiger partial charge in [0.2, 0.25) is 0 Å². The molecule has 3 aromatic carbocycles. The highest BCUT2D eigenvalue weighted by molar-refractivity contribution is 6.31. The Morgan fingerprint density at radius 2 is 1.75 bits per heavy atom. The van der Waals surface area contributed by atoms with E-state index in [0.29, 0.717) is 16.1 Å². The summed E-state index contributed by atoms with van der Waals surface area (Å²) in [7, 11) is 0. The molecule has 4 rings (SSSR count). The van der Waals surface area contributed by atoms with Crippen LogP contribution in [0.15, 0.2) is 78.9 Å². The number of aromatic nitrogens is 1. The van der Waals surface area contributed by atoms with Gasteiger partial charge in [-0.3, -0.25) is 9.78 Å². The summed E-state index contributed by atoms with van der Waals surface area (Å²) >= 11 is 5.97. The second kappa shape index (κ2) is 7.64. The third-order valence-electron chi connectivity index (χ3n) is 4.56. The minimum atomic E-state index is -0.0145. The minimum absolute atomic E-state index is 0.0145. The first-order chi connectivity index (χ1) is 13.6. The molecule has 0 aliphatic heterocycles. The van der Waals surface area contributed by atoms with Gasteiger partial charge >= 0.3 is 0 Å². The molecule has 134 valence electrons. The largest absolute Gasteiger partial charge is 0.294 e. The lowest BCUT2D eigenvalue weighted by molar-refractivity contribution is 0.0992. The van der Waals surface area contributed by atoms with E-state index in [1.165, 1.54) is 0 Å². The molecule has 0 unspecified atom stereocenters. The fourth-order valence-corrected chi connectivity index (χ4v) is 3.33. The van der Waals surface area contributed by atoms with E-state index < -0.39 is 0 Å². The van der Waals surface area contributed by atoms with Crippen LogP contribution >= 0.6 is 11.6 Å². The summed E-state index contributed by atoms with van der Waals surface area (Å²) in [5.41, 5.74) is 4.77. The molecule has 4 heteroatoms. The topological polar surface area (TPSA) is 53.8 Å². The summed E-state index contributed by atoms with van der Waals surface area (Å²) in [5, 5.41) is 10.6. The number of rotatable bonds is 4. The Bertz CT molecular complexity index is 1240. The molecule has 0 aliphatic rings. The van der Waals surface area contributed by atoms with E-state index >= 15 is 0 Å². The molecule has 0 N–H and O–H groups in total. The number of ketones is 1. The number of nitrogens with zero attached hydrogens (tertiary/aromatic N) is 2. The van der Waals surface area contributed by atoms with Crippen LogP contribution in [0.2, 0.25) is 5.02 Å². The number of hydrogen-bond donors (Lipinski definition) is 0. The van der Waals surface area contributed by atoms with E-state index in [1.54, 1.807) is 30.3 Å².